The van der Waals surface area contributed by atoms with Crippen molar-refractivity contribution in [1.82, 2.24) is 20.2 Å². The molecule has 4 rings (SSSR count). The topological polar surface area (TPSA) is 57.7 Å². The number of fused-ring (bicyclic) bond motifs is 1. The van der Waals surface area contributed by atoms with Gasteiger partial charge in [0.2, 0.25) is 0 Å². The molecule has 0 aliphatic carbocycles. The Morgan fingerprint density at radius 3 is 2.96 bits per heavy atom. The van der Waals surface area contributed by atoms with Crippen molar-refractivity contribution >= 4 is 16.9 Å². The van der Waals surface area contributed by atoms with Gasteiger partial charge in [-0.3, -0.25) is 5.10 Å². The molecule has 1 aliphatic heterocycles. The molecule has 0 amide bonds. The second-order valence-corrected chi connectivity index (χ2v) is 6.90. The molecule has 5 nitrogen and oxygen atoms in total. The number of aromatic nitrogens is 4. The quantitative estimate of drug-likeness (QED) is 0.779. The number of anilines is 1. The second-order valence-electron chi connectivity index (χ2n) is 6.90. The average molecular weight is 339 g/mol. The smallest absolute Gasteiger partial charge is 0.155 e. The van der Waals surface area contributed by atoms with Crippen LogP contribution in [0, 0.1) is 17.7 Å². The lowest BCUT2D eigenvalue weighted by molar-refractivity contribution is 0.418. The summed E-state index contributed by atoms with van der Waals surface area (Å²) in [4.78, 5) is 11.1. The van der Waals surface area contributed by atoms with Gasteiger partial charge in [-0.05, 0) is 42.5 Å². The van der Waals surface area contributed by atoms with Crippen LogP contribution in [-0.4, -0.2) is 33.3 Å². The number of halogens is 1. The Bertz CT molecular complexity index is 890. The van der Waals surface area contributed by atoms with Crippen molar-refractivity contribution in [2.24, 2.45) is 11.8 Å². The van der Waals surface area contributed by atoms with Crippen LogP contribution in [0.4, 0.5) is 10.2 Å². The van der Waals surface area contributed by atoms with Crippen LogP contribution in [0.5, 0.6) is 0 Å². The molecule has 1 fully saturated rings. The largest absolute Gasteiger partial charge is 0.356 e. The Kier molecular flexibility index (Phi) is 4.11. The van der Waals surface area contributed by atoms with Crippen molar-refractivity contribution in [1.29, 1.82) is 0 Å². The zero-order valence-electron chi connectivity index (χ0n) is 14.5. The monoisotopic (exact) mass is 339 g/mol. The fraction of sp³-hybridized carbons (Fsp3) is 0.421. The van der Waals surface area contributed by atoms with E-state index in [4.69, 9.17) is 0 Å². The Hall–Kier alpha value is -2.50. The predicted molar refractivity (Wildman–Crippen MR) is 96.9 cm³/mol. The van der Waals surface area contributed by atoms with E-state index >= 15 is 0 Å². The lowest BCUT2D eigenvalue weighted by atomic mass is 9.94. The summed E-state index contributed by atoms with van der Waals surface area (Å²) in [7, 11) is 0. The highest BCUT2D eigenvalue weighted by Gasteiger charge is 2.30. The van der Waals surface area contributed by atoms with Crippen LogP contribution >= 0.6 is 0 Å². The number of hydrogen-bond donors (Lipinski definition) is 1. The molecule has 0 aromatic carbocycles. The van der Waals surface area contributed by atoms with E-state index in [-0.39, 0.29) is 11.5 Å². The molecule has 0 spiro atoms. The fourth-order valence-electron chi connectivity index (χ4n) is 3.78. The molecule has 2 atom stereocenters. The molecule has 4 heterocycles. The van der Waals surface area contributed by atoms with Crippen molar-refractivity contribution in [2.75, 3.05) is 18.0 Å². The van der Waals surface area contributed by atoms with Crippen molar-refractivity contribution in [2.45, 2.75) is 26.7 Å². The van der Waals surface area contributed by atoms with Gasteiger partial charge in [-0.25, -0.2) is 14.4 Å². The molecule has 25 heavy (non-hydrogen) atoms. The van der Waals surface area contributed by atoms with Crippen LogP contribution in [0.2, 0.25) is 0 Å². The van der Waals surface area contributed by atoms with Gasteiger partial charge in [0.05, 0.1) is 0 Å². The third kappa shape index (κ3) is 2.86. The molecule has 1 saturated heterocycles. The maximum absolute atomic E-state index is 14.5. The highest BCUT2D eigenvalue weighted by molar-refractivity contribution is 5.89. The number of nitrogens with one attached hydrogen (secondary N) is 1. The van der Waals surface area contributed by atoms with E-state index in [1.807, 2.05) is 12.1 Å². The fourth-order valence-corrected chi connectivity index (χ4v) is 3.78. The zero-order chi connectivity index (χ0) is 17.4. The summed E-state index contributed by atoms with van der Waals surface area (Å²) >= 11 is 0. The summed E-state index contributed by atoms with van der Waals surface area (Å²) in [5.74, 6) is 1.77. The SMILES string of the molecule is CCC[C@H]1CN(c2ccc(F)c(-c3n[nH]c4ncccc34)n2)C[C@H]1C. The summed E-state index contributed by atoms with van der Waals surface area (Å²) in [6, 6.07) is 6.96. The molecule has 0 unspecified atom stereocenters. The highest BCUT2D eigenvalue weighted by Crippen LogP contribution is 2.32. The summed E-state index contributed by atoms with van der Waals surface area (Å²) in [5, 5.41) is 7.88. The predicted octanol–water partition coefficient (Wildman–Crippen LogP) is 4.03. The van der Waals surface area contributed by atoms with Crippen molar-refractivity contribution < 1.29 is 4.39 Å². The zero-order valence-corrected chi connectivity index (χ0v) is 14.5. The molecule has 3 aromatic rings. The Morgan fingerprint density at radius 1 is 1.24 bits per heavy atom. The van der Waals surface area contributed by atoms with Gasteiger partial charge < -0.3 is 4.90 Å². The van der Waals surface area contributed by atoms with Crippen molar-refractivity contribution in [3.63, 3.8) is 0 Å². The second kappa shape index (κ2) is 6.43. The van der Waals surface area contributed by atoms with E-state index in [0.29, 0.717) is 23.2 Å². The van der Waals surface area contributed by atoms with Crippen LogP contribution in [0.1, 0.15) is 26.7 Å². The molecule has 0 saturated carbocycles. The van der Waals surface area contributed by atoms with Crippen LogP contribution < -0.4 is 4.90 Å². The molecule has 3 aromatic heterocycles. The molecule has 1 N–H and O–H groups in total. The molecular formula is C19H22FN5. The number of nitrogens with zero attached hydrogens (tertiary/aromatic N) is 4. The van der Waals surface area contributed by atoms with E-state index in [9.17, 15) is 4.39 Å². The van der Waals surface area contributed by atoms with Gasteiger partial charge >= 0.3 is 0 Å². The summed E-state index contributed by atoms with van der Waals surface area (Å²) in [5.41, 5.74) is 1.44. The first-order valence-electron chi connectivity index (χ1n) is 8.88. The lowest BCUT2D eigenvalue weighted by Gasteiger charge is -2.18. The van der Waals surface area contributed by atoms with Crippen molar-refractivity contribution in [3.8, 4) is 11.4 Å². The average Bonchev–Trinajstić information content (AvgIpc) is 3.20. The molecule has 6 heteroatoms. The van der Waals surface area contributed by atoms with Crippen LogP contribution in [-0.2, 0) is 0 Å². The highest BCUT2D eigenvalue weighted by atomic mass is 19.1. The van der Waals surface area contributed by atoms with Gasteiger partial charge in [0, 0.05) is 24.7 Å². The number of aromatic amines is 1. The van der Waals surface area contributed by atoms with E-state index in [2.05, 4.69) is 38.9 Å². The Labute approximate surface area is 146 Å². The van der Waals surface area contributed by atoms with E-state index in [0.717, 1.165) is 24.3 Å². The standard InChI is InChI=1S/C19H22FN5/c1-3-5-13-11-25(10-12(13)2)16-8-7-15(20)18(22-16)17-14-6-4-9-21-19(14)24-23-17/h4,6-9,12-13H,3,5,10-11H2,1-2H3,(H,21,23,24)/t12-,13+/m1/s1. The summed E-state index contributed by atoms with van der Waals surface area (Å²) < 4.78 is 14.5. The first-order valence-corrected chi connectivity index (χ1v) is 8.88. The van der Waals surface area contributed by atoms with Gasteiger partial charge in [0.25, 0.3) is 0 Å². The molecule has 0 radical (unpaired) electrons. The van der Waals surface area contributed by atoms with Gasteiger partial charge in [-0.15, -0.1) is 0 Å². The first-order chi connectivity index (χ1) is 12.2. The van der Waals surface area contributed by atoms with Gasteiger partial charge in [-0.1, -0.05) is 20.3 Å². The maximum atomic E-state index is 14.5. The number of pyridine rings is 2. The van der Waals surface area contributed by atoms with Crippen molar-refractivity contribution in [3.05, 3.63) is 36.3 Å². The van der Waals surface area contributed by atoms with Gasteiger partial charge in [0.1, 0.15) is 17.2 Å². The molecule has 130 valence electrons. The van der Waals surface area contributed by atoms with Crippen LogP contribution in [0.15, 0.2) is 30.5 Å². The molecular weight excluding hydrogens is 317 g/mol. The molecule has 0 bridgehead atoms. The van der Waals surface area contributed by atoms with Crippen LogP contribution in [0.3, 0.4) is 0 Å². The normalized spacial score (nSPS) is 20.5. The third-order valence-corrected chi connectivity index (χ3v) is 5.14. The van der Waals surface area contributed by atoms with Crippen LogP contribution in [0.25, 0.3) is 22.4 Å². The number of H-pyrrole nitrogens is 1. The minimum atomic E-state index is -0.363. The summed E-state index contributed by atoms with van der Waals surface area (Å²) in [6.07, 6.45) is 4.10. The third-order valence-electron chi connectivity index (χ3n) is 5.14. The number of hydrogen-bond acceptors (Lipinski definition) is 4. The lowest BCUT2D eigenvalue weighted by Crippen LogP contribution is -2.21. The minimum Gasteiger partial charge on any atom is -0.356 e. The Morgan fingerprint density at radius 2 is 2.12 bits per heavy atom. The Balaban J connectivity index is 1.70. The van der Waals surface area contributed by atoms with E-state index in [1.54, 1.807) is 12.3 Å². The minimum absolute atomic E-state index is 0.281. The summed E-state index contributed by atoms with van der Waals surface area (Å²) in [6.45, 7) is 6.46. The number of rotatable bonds is 4. The first kappa shape index (κ1) is 16.0. The maximum Gasteiger partial charge on any atom is 0.155 e. The van der Waals surface area contributed by atoms with Gasteiger partial charge in [0.15, 0.2) is 11.5 Å². The molecule has 1 aliphatic rings. The van der Waals surface area contributed by atoms with Gasteiger partial charge in [-0.2, -0.15) is 5.10 Å². The van der Waals surface area contributed by atoms with E-state index < -0.39 is 0 Å². The van der Waals surface area contributed by atoms with E-state index in [1.165, 1.54) is 18.9 Å².